The average molecular weight is 1390 g/mol. The van der Waals surface area contributed by atoms with Gasteiger partial charge in [0.25, 0.3) is 0 Å². The van der Waals surface area contributed by atoms with E-state index in [1.54, 1.807) is 0 Å². The van der Waals surface area contributed by atoms with Gasteiger partial charge in [-0.3, -0.25) is 4.55 Å². The van der Waals surface area contributed by atoms with Crippen molar-refractivity contribution in [3.05, 3.63) is 23.8 Å². The summed E-state index contributed by atoms with van der Waals surface area (Å²) in [6.45, 7) is 14.3. The second kappa shape index (κ2) is 29.9. The Bertz CT molecular complexity index is 2710. The monoisotopic (exact) mass is 1390 g/mol. The van der Waals surface area contributed by atoms with E-state index in [2.05, 4.69) is 40.3 Å². The van der Waals surface area contributed by atoms with Gasteiger partial charge in [-0.15, -0.1) is 0 Å². The highest BCUT2D eigenvalue weighted by molar-refractivity contribution is 7.80. The Hall–Kier alpha value is -1.77. The fraction of sp³-hybridized carbons (Fsp3) is 0.935. The first kappa shape index (κ1) is 75.9. The zero-order valence-electron chi connectivity index (χ0n) is 54.3. The topological polar surface area (TPSA) is 498 Å². The lowest BCUT2D eigenvalue weighted by molar-refractivity contribution is -0.399. The van der Waals surface area contributed by atoms with Crippen molar-refractivity contribution in [2.75, 3.05) is 26.4 Å². The molecule has 3 saturated carbocycles. The summed E-state index contributed by atoms with van der Waals surface area (Å²) < 4.78 is 112. The van der Waals surface area contributed by atoms with Gasteiger partial charge >= 0.3 is 10.4 Å². The van der Waals surface area contributed by atoms with Crippen molar-refractivity contribution in [3.8, 4) is 0 Å². The predicted molar refractivity (Wildman–Crippen MR) is 318 cm³/mol. The zero-order chi connectivity index (χ0) is 69.5. The lowest BCUT2D eigenvalue weighted by Gasteiger charge is -2.60. The summed E-state index contributed by atoms with van der Waals surface area (Å²) in [6.07, 6.45) is -45.3. The summed E-state index contributed by atoms with van der Waals surface area (Å²) in [5.74, 6) is -0.385. The number of rotatable bonds is 21. The van der Waals surface area contributed by atoms with Crippen molar-refractivity contribution in [1.29, 1.82) is 0 Å². The molecule has 0 radical (unpaired) electrons. The summed E-state index contributed by atoms with van der Waals surface area (Å²) >= 11 is 0. The van der Waals surface area contributed by atoms with Crippen LogP contribution < -0.4 is 0 Å². The van der Waals surface area contributed by atoms with E-state index in [-0.39, 0.29) is 41.9 Å². The Labute approximate surface area is 551 Å². The van der Waals surface area contributed by atoms with E-state index in [0.717, 1.165) is 18.4 Å². The number of allylic oxidation sites excluding steroid dienone is 3. The molecule has 0 spiro atoms. The first-order valence-corrected chi connectivity index (χ1v) is 34.5. The molecule has 6 aliphatic heterocycles. The molecule has 6 saturated heterocycles. The Morgan fingerprint density at radius 2 is 1.14 bits per heavy atom. The lowest BCUT2D eigenvalue weighted by Crippen LogP contribution is -2.67. The molecule has 10 aliphatic rings. The van der Waals surface area contributed by atoms with E-state index in [4.69, 9.17) is 61.0 Å². The van der Waals surface area contributed by atoms with E-state index < -0.39 is 238 Å². The molecule has 548 valence electrons. The molecule has 10 rings (SSSR count). The highest BCUT2D eigenvalue weighted by Crippen LogP contribution is 2.68. The van der Waals surface area contributed by atoms with E-state index >= 15 is 0 Å². The van der Waals surface area contributed by atoms with Crippen LogP contribution in [0.25, 0.3) is 0 Å². The van der Waals surface area contributed by atoms with Crippen molar-refractivity contribution >= 4 is 10.4 Å². The summed E-state index contributed by atoms with van der Waals surface area (Å²) in [5.41, 5.74) is 0.213. The fourth-order valence-electron chi connectivity index (χ4n) is 16.9. The van der Waals surface area contributed by atoms with Crippen molar-refractivity contribution in [2.45, 2.75) is 296 Å². The quantitative estimate of drug-likeness (QED) is 0.0382. The van der Waals surface area contributed by atoms with Crippen LogP contribution in [0.3, 0.4) is 0 Å². The molecular weight excluding hydrogens is 1290 g/mol. The Morgan fingerprint density at radius 3 is 1.78 bits per heavy atom. The highest BCUT2D eigenvalue weighted by Gasteiger charge is 2.64. The van der Waals surface area contributed by atoms with Gasteiger partial charge in [0.2, 0.25) is 0 Å². The Balaban J connectivity index is 0.897. The molecular formula is C62H102O32S. The van der Waals surface area contributed by atoms with Gasteiger partial charge in [-0.1, -0.05) is 51.5 Å². The molecule has 9 fully saturated rings. The molecule has 4 aliphatic carbocycles. The van der Waals surface area contributed by atoms with Crippen LogP contribution >= 0.6 is 0 Å². The minimum Gasteiger partial charge on any atom is -0.394 e. The van der Waals surface area contributed by atoms with Gasteiger partial charge in [-0.25, -0.2) is 4.18 Å². The maximum Gasteiger partial charge on any atom is 0.397 e. The van der Waals surface area contributed by atoms with Crippen LogP contribution in [0.5, 0.6) is 0 Å². The Morgan fingerprint density at radius 1 is 0.600 bits per heavy atom. The van der Waals surface area contributed by atoms with Gasteiger partial charge in [0.05, 0.1) is 56.4 Å². The van der Waals surface area contributed by atoms with Crippen molar-refractivity contribution in [2.24, 2.45) is 40.4 Å². The van der Waals surface area contributed by atoms with Gasteiger partial charge < -0.3 is 139 Å². The molecule has 0 bridgehead atoms. The molecule has 3 unspecified atom stereocenters. The fourth-order valence-corrected chi connectivity index (χ4v) is 17.4. The second-order valence-corrected chi connectivity index (χ2v) is 30.1. The van der Waals surface area contributed by atoms with Gasteiger partial charge in [-0.2, -0.15) is 8.42 Å². The third-order valence-corrected chi connectivity index (χ3v) is 23.1. The predicted octanol–water partition coefficient (Wildman–Crippen LogP) is -4.25. The number of aliphatic hydroxyl groups is 16. The number of hydrogen-bond acceptors (Lipinski definition) is 31. The van der Waals surface area contributed by atoms with Crippen LogP contribution in [-0.2, 0) is 71.4 Å². The SMILES string of the molecule is C=C(CC[C@](C)(O)[C@H]1CCC2C3C[C@H](O[C@@H]4O[C@H](C)[C@@H](O)[C@H](O[C@@H]5OC[C@@H](O[C@@H]6O[C@H](CO)[C@H](O)[C@H](O)[C@H]6O[C@@H]6OC[C@H](O)[C@H](O[C@@H]7O[C@H](CO)[C@H](O)[C@H](O)[C@H]7O)[C@H]6O)[C@H](O)[C@H]5O[C@@H]5O[C@H](C)[C@@H](O)[C@H](O)[C@H]5O)[C@H]4O)C4C[C@@H](OS(=O)(=O)O)CC[C@]4(C)C3=CC[C@@]21C)C(C)C. The summed E-state index contributed by atoms with van der Waals surface area (Å²) in [5, 5.41) is 179. The molecule has 0 amide bonds. The third kappa shape index (κ3) is 15.2. The zero-order valence-corrected chi connectivity index (χ0v) is 55.1. The van der Waals surface area contributed by atoms with Gasteiger partial charge in [0.1, 0.15) is 122 Å². The van der Waals surface area contributed by atoms with Crippen molar-refractivity contribution in [3.63, 3.8) is 0 Å². The minimum atomic E-state index is -4.89. The minimum absolute atomic E-state index is 0.0592. The van der Waals surface area contributed by atoms with E-state index in [9.17, 15) is 94.7 Å². The van der Waals surface area contributed by atoms with Crippen LogP contribution in [0.1, 0.15) is 106 Å². The Kier molecular flexibility index (Phi) is 23.9. The maximum atomic E-state index is 12.5. The van der Waals surface area contributed by atoms with Crippen molar-refractivity contribution < 1.29 is 156 Å². The summed E-state index contributed by atoms with van der Waals surface area (Å²) in [6, 6.07) is 0. The average Bonchev–Trinajstić information content (AvgIpc) is 1.68. The third-order valence-electron chi connectivity index (χ3n) is 22.6. The molecule has 0 aromatic carbocycles. The van der Waals surface area contributed by atoms with E-state index in [1.807, 2.05) is 6.92 Å². The van der Waals surface area contributed by atoms with Crippen LogP contribution in [0, 0.1) is 40.4 Å². The smallest absolute Gasteiger partial charge is 0.394 e. The van der Waals surface area contributed by atoms with E-state index in [0.29, 0.717) is 32.1 Å². The molecule has 37 atom stereocenters. The van der Waals surface area contributed by atoms with Gasteiger partial charge in [0, 0.05) is 0 Å². The van der Waals surface area contributed by atoms with Crippen molar-refractivity contribution in [1.82, 2.24) is 0 Å². The van der Waals surface area contributed by atoms with Crippen LogP contribution in [0.2, 0.25) is 0 Å². The van der Waals surface area contributed by atoms with Crippen LogP contribution in [0.4, 0.5) is 0 Å². The molecule has 33 heteroatoms. The first-order chi connectivity index (χ1) is 44.5. The largest absolute Gasteiger partial charge is 0.397 e. The molecule has 0 aromatic heterocycles. The van der Waals surface area contributed by atoms with Crippen LogP contribution in [-0.4, -0.2) is 311 Å². The number of fused-ring (bicyclic) bond motifs is 5. The lowest BCUT2D eigenvalue weighted by atomic mass is 9.47. The molecule has 0 aromatic rings. The standard InChI is InChI=1S/C62H102O32S/c1-23(2)24(3)11-16-62(8,78)37-10-9-29-28-18-33(31-17-27(94-95(79,80)81)12-14-60(31,6)30(28)13-15-61(29,37)7)86-57-49(77)51(39(67)26(5)85-57)91-58-52(93-55-46(74)43(71)38(66)25(4)84-55)42(70)36(22-83-58)89-59-53(45(73)41(69)35(20-64)88-59)92-54-48(76)50(32(65)21-82-54)90-56-47(75)44(72)40(68)34(19-63)87-56/h13,23,25-29,31-59,63-78H,3,9-12,14-22H2,1-2,4-8H3,(H,79,80,81)/t25-,26-,27+,28?,29?,31?,32+,33+,34-,35-,36-,37+,38-,39-,40+,41+,42+,43+,44+,45+,46-,47-,48-,49-,50+,51+,52-,53-,54+,55+,56+,57+,58+,59+,60-,61+,62+/m1/s1. The second-order valence-electron chi connectivity index (χ2n) is 29.0. The molecule has 6 heterocycles. The summed E-state index contributed by atoms with van der Waals surface area (Å²) in [7, 11) is -4.89. The maximum absolute atomic E-state index is 12.5. The number of ether oxygens (including phenoxy) is 12. The van der Waals surface area contributed by atoms with Gasteiger partial charge in [0.15, 0.2) is 37.7 Å². The molecule has 95 heavy (non-hydrogen) atoms. The number of aliphatic hydroxyl groups excluding tert-OH is 15. The molecule has 32 nitrogen and oxygen atoms in total. The normalized spacial score (nSPS) is 51.2. The number of hydrogen-bond donors (Lipinski definition) is 17. The summed E-state index contributed by atoms with van der Waals surface area (Å²) in [4.78, 5) is 0. The molecule has 17 N–H and O–H groups in total. The highest BCUT2D eigenvalue weighted by atomic mass is 32.3. The van der Waals surface area contributed by atoms with Gasteiger partial charge in [-0.05, 0) is 119 Å². The first-order valence-electron chi connectivity index (χ1n) is 33.1. The van der Waals surface area contributed by atoms with E-state index in [1.165, 1.54) is 19.4 Å². The van der Waals surface area contributed by atoms with Crippen LogP contribution in [0.15, 0.2) is 23.8 Å².